The molecule has 0 saturated carbocycles. The van der Waals surface area contributed by atoms with E-state index in [2.05, 4.69) is 29.6 Å². The summed E-state index contributed by atoms with van der Waals surface area (Å²) in [6.45, 7) is 0.846. The van der Waals surface area contributed by atoms with Gasteiger partial charge >= 0.3 is 0 Å². The lowest BCUT2D eigenvalue weighted by molar-refractivity contribution is 0.412. The summed E-state index contributed by atoms with van der Waals surface area (Å²) in [4.78, 5) is 0. The van der Waals surface area contributed by atoms with Crippen molar-refractivity contribution < 1.29 is 9.13 Å². The fraction of sp³-hybridized carbons (Fsp3) is 0.250. The van der Waals surface area contributed by atoms with Crippen LogP contribution in [-0.4, -0.2) is 13.7 Å². The third-order valence-electron chi connectivity index (χ3n) is 3.66. The van der Waals surface area contributed by atoms with Crippen molar-refractivity contribution in [1.29, 1.82) is 0 Å². The maximum absolute atomic E-state index is 13.1. The minimum atomic E-state index is -0.281. The van der Waals surface area contributed by atoms with Gasteiger partial charge < -0.3 is 10.1 Å². The molecule has 0 bridgehead atoms. The molecule has 1 unspecified atom stereocenters. The molecule has 0 heterocycles. The number of methoxy groups -OCH3 is 1. The molecule has 0 aromatic heterocycles. The molecule has 1 N–H and O–H groups in total. The number of nitrogens with one attached hydrogen (secondary N) is 1. The number of hydrogen-bond acceptors (Lipinski definition) is 2. The van der Waals surface area contributed by atoms with Crippen LogP contribution in [0.25, 0.3) is 0 Å². The van der Waals surface area contributed by atoms with Crippen LogP contribution in [0.1, 0.15) is 17.0 Å². The van der Waals surface area contributed by atoms with Crippen molar-refractivity contribution in [2.75, 3.05) is 19.0 Å². The number of ether oxygens (including phenoxy) is 1. The maximum atomic E-state index is 13.1. The molecule has 0 amide bonds. The van der Waals surface area contributed by atoms with Crippen molar-refractivity contribution >= 4 is 5.69 Å². The number of hydrogen-bond donors (Lipinski definition) is 1. The second-order valence-corrected chi connectivity index (χ2v) is 4.83. The lowest BCUT2D eigenvalue weighted by Gasteiger charge is -2.30. The normalized spacial score (nSPS) is 16.4. The average molecular weight is 257 g/mol. The zero-order valence-electron chi connectivity index (χ0n) is 10.8. The van der Waals surface area contributed by atoms with Gasteiger partial charge in [0.2, 0.25) is 0 Å². The highest BCUT2D eigenvalue weighted by atomic mass is 19.1. The van der Waals surface area contributed by atoms with E-state index in [-0.39, 0.29) is 5.82 Å². The van der Waals surface area contributed by atoms with Gasteiger partial charge in [-0.3, -0.25) is 0 Å². The molecule has 2 aromatic carbocycles. The molecule has 3 rings (SSSR count). The second-order valence-electron chi connectivity index (χ2n) is 4.83. The number of benzene rings is 2. The first kappa shape index (κ1) is 12.0. The van der Waals surface area contributed by atoms with Gasteiger partial charge in [-0.25, -0.2) is 4.39 Å². The molecule has 0 fully saturated rings. The summed E-state index contributed by atoms with van der Waals surface area (Å²) in [6, 6.07) is 13.1. The van der Waals surface area contributed by atoms with Gasteiger partial charge in [0.15, 0.2) is 0 Å². The van der Waals surface area contributed by atoms with E-state index in [1.165, 1.54) is 23.3 Å². The van der Waals surface area contributed by atoms with E-state index in [9.17, 15) is 4.39 Å². The minimum absolute atomic E-state index is 0.281. The highest BCUT2D eigenvalue weighted by molar-refractivity contribution is 5.57. The Morgan fingerprint density at radius 2 is 2.11 bits per heavy atom. The van der Waals surface area contributed by atoms with E-state index in [4.69, 9.17) is 4.74 Å². The van der Waals surface area contributed by atoms with Gasteiger partial charge in [-0.15, -0.1) is 0 Å². The smallest absolute Gasteiger partial charge is 0.144 e. The summed E-state index contributed by atoms with van der Waals surface area (Å²) >= 11 is 0. The molecule has 0 aliphatic heterocycles. The molecule has 2 aromatic rings. The average Bonchev–Trinajstić information content (AvgIpc) is 2.41. The highest BCUT2D eigenvalue weighted by Gasteiger charge is 2.25. The van der Waals surface area contributed by atoms with E-state index < -0.39 is 0 Å². The fourth-order valence-electron chi connectivity index (χ4n) is 2.59. The number of fused-ring (bicyclic) bond motifs is 1. The topological polar surface area (TPSA) is 21.3 Å². The van der Waals surface area contributed by atoms with Crippen LogP contribution in [0.15, 0.2) is 42.5 Å². The molecule has 2 nitrogen and oxygen atoms in total. The van der Waals surface area contributed by atoms with Crippen molar-refractivity contribution in [2.45, 2.75) is 12.3 Å². The summed E-state index contributed by atoms with van der Waals surface area (Å²) in [5.41, 5.74) is 3.68. The predicted octanol–water partition coefficient (Wildman–Crippen LogP) is 3.59. The standard InChI is InChI=1S/C16H16FNO/c1-19-16-9-13(17)6-7-15(16)18-10-12-8-11-4-2-3-5-14(11)12/h2-7,9,12,18H,8,10H2,1H3. The van der Waals surface area contributed by atoms with Crippen LogP contribution < -0.4 is 10.1 Å². The predicted molar refractivity (Wildman–Crippen MR) is 74.3 cm³/mol. The lowest BCUT2D eigenvalue weighted by Crippen LogP contribution is -2.24. The third-order valence-corrected chi connectivity index (χ3v) is 3.66. The van der Waals surface area contributed by atoms with Gasteiger partial charge in [0.25, 0.3) is 0 Å². The van der Waals surface area contributed by atoms with Crippen LogP contribution in [0.3, 0.4) is 0 Å². The van der Waals surface area contributed by atoms with Crippen molar-refractivity contribution in [1.82, 2.24) is 0 Å². The molecule has 0 radical (unpaired) electrons. The summed E-state index contributed by atoms with van der Waals surface area (Å²) in [5, 5.41) is 3.34. The van der Waals surface area contributed by atoms with E-state index in [0.29, 0.717) is 11.7 Å². The van der Waals surface area contributed by atoms with Crippen molar-refractivity contribution in [3.63, 3.8) is 0 Å². The first-order valence-corrected chi connectivity index (χ1v) is 6.43. The van der Waals surface area contributed by atoms with E-state index in [1.54, 1.807) is 13.2 Å². The number of anilines is 1. The molecule has 0 saturated heterocycles. The molecule has 1 atom stereocenters. The molecule has 3 heteroatoms. The number of rotatable bonds is 4. The van der Waals surface area contributed by atoms with Gasteiger partial charge in [0.1, 0.15) is 11.6 Å². The fourth-order valence-corrected chi connectivity index (χ4v) is 2.59. The molecule has 98 valence electrons. The van der Waals surface area contributed by atoms with Crippen LogP contribution in [0.5, 0.6) is 5.75 Å². The van der Waals surface area contributed by atoms with Crippen molar-refractivity contribution in [3.8, 4) is 5.75 Å². The molecule has 1 aliphatic carbocycles. The van der Waals surface area contributed by atoms with E-state index in [1.807, 2.05) is 0 Å². The van der Waals surface area contributed by atoms with Crippen LogP contribution >= 0.6 is 0 Å². The largest absolute Gasteiger partial charge is 0.494 e. The quantitative estimate of drug-likeness (QED) is 0.903. The zero-order chi connectivity index (χ0) is 13.2. The molecular weight excluding hydrogens is 241 g/mol. The zero-order valence-corrected chi connectivity index (χ0v) is 10.8. The SMILES string of the molecule is COc1cc(F)ccc1NCC1Cc2ccccc21. The van der Waals surface area contributed by atoms with Gasteiger partial charge in [0, 0.05) is 18.5 Å². The molecule has 1 aliphatic rings. The Kier molecular flexibility index (Phi) is 3.11. The monoisotopic (exact) mass is 257 g/mol. The molecule has 19 heavy (non-hydrogen) atoms. The Bertz CT molecular complexity index is 597. The van der Waals surface area contributed by atoms with Crippen LogP contribution in [0.2, 0.25) is 0 Å². The van der Waals surface area contributed by atoms with E-state index >= 15 is 0 Å². The first-order valence-electron chi connectivity index (χ1n) is 6.43. The van der Waals surface area contributed by atoms with Crippen molar-refractivity contribution in [2.24, 2.45) is 0 Å². The first-order chi connectivity index (χ1) is 9.28. The van der Waals surface area contributed by atoms with Crippen LogP contribution in [0.4, 0.5) is 10.1 Å². The summed E-state index contributed by atoms with van der Waals surface area (Å²) in [7, 11) is 1.55. The van der Waals surface area contributed by atoms with Gasteiger partial charge in [-0.1, -0.05) is 24.3 Å². The Balaban J connectivity index is 1.68. The summed E-state index contributed by atoms with van der Waals surface area (Å²) < 4.78 is 18.3. The highest BCUT2D eigenvalue weighted by Crippen LogP contribution is 2.35. The Morgan fingerprint density at radius 3 is 2.89 bits per heavy atom. The van der Waals surface area contributed by atoms with Crippen LogP contribution in [-0.2, 0) is 6.42 Å². The number of halogens is 1. The maximum Gasteiger partial charge on any atom is 0.144 e. The van der Waals surface area contributed by atoms with Crippen molar-refractivity contribution in [3.05, 3.63) is 59.4 Å². The third kappa shape index (κ3) is 2.28. The lowest BCUT2D eigenvalue weighted by atomic mass is 9.77. The summed E-state index contributed by atoms with van der Waals surface area (Å²) in [6.07, 6.45) is 1.10. The molecular formula is C16H16FNO. The van der Waals surface area contributed by atoms with Gasteiger partial charge in [0.05, 0.1) is 12.8 Å². The second kappa shape index (κ2) is 4.92. The molecule has 0 spiro atoms. The van der Waals surface area contributed by atoms with Gasteiger partial charge in [-0.05, 0) is 29.7 Å². The minimum Gasteiger partial charge on any atom is -0.494 e. The summed E-state index contributed by atoms with van der Waals surface area (Å²) in [5.74, 6) is 0.801. The van der Waals surface area contributed by atoms with E-state index in [0.717, 1.165) is 18.7 Å². The van der Waals surface area contributed by atoms with Gasteiger partial charge in [-0.2, -0.15) is 0 Å². The Morgan fingerprint density at radius 1 is 1.26 bits per heavy atom. The Hall–Kier alpha value is -2.03. The Labute approximate surface area is 112 Å². The van der Waals surface area contributed by atoms with Crippen LogP contribution in [0, 0.1) is 5.82 Å².